The summed E-state index contributed by atoms with van der Waals surface area (Å²) >= 11 is 11.9. The standard InChI is InChI=1S/C13H11Cl2N3O/c14-7-1-3-10(15)12(5-7)18-8-2-4-11(16)9(6-8)13(17)19/h1-6,18H,16H2,(H2,17,19). The number of carbonyl (C=O) groups excluding carboxylic acids is 1. The molecule has 2 aromatic carbocycles. The lowest BCUT2D eigenvalue weighted by Crippen LogP contribution is -2.13. The smallest absolute Gasteiger partial charge is 0.250 e. The fourth-order valence-corrected chi connectivity index (χ4v) is 1.93. The highest BCUT2D eigenvalue weighted by Gasteiger charge is 2.08. The van der Waals surface area contributed by atoms with Gasteiger partial charge in [0.25, 0.3) is 5.91 Å². The highest BCUT2D eigenvalue weighted by molar-refractivity contribution is 6.35. The molecule has 2 rings (SSSR count). The number of hydrogen-bond acceptors (Lipinski definition) is 3. The third-order valence-electron chi connectivity index (χ3n) is 2.53. The number of benzene rings is 2. The first-order valence-electron chi connectivity index (χ1n) is 5.39. The van der Waals surface area contributed by atoms with Gasteiger partial charge in [-0.3, -0.25) is 4.79 Å². The van der Waals surface area contributed by atoms with Crippen LogP contribution in [0, 0.1) is 0 Å². The molecule has 0 fully saturated rings. The summed E-state index contributed by atoms with van der Waals surface area (Å²) in [5.41, 5.74) is 12.8. The maximum atomic E-state index is 11.2. The van der Waals surface area contributed by atoms with Gasteiger partial charge in [-0.1, -0.05) is 23.2 Å². The highest BCUT2D eigenvalue weighted by Crippen LogP contribution is 2.29. The number of nitrogens with two attached hydrogens (primary N) is 2. The van der Waals surface area contributed by atoms with Gasteiger partial charge in [-0.05, 0) is 36.4 Å². The van der Waals surface area contributed by atoms with Crippen LogP contribution in [0.15, 0.2) is 36.4 Å². The van der Waals surface area contributed by atoms with E-state index in [1.165, 1.54) is 0 Å². The van der Waals surface area contributed by atoms with Gasteiger partial charge in [0, 0.05) is 16.4 Å². The van der Waals surface area contributed by atoms with Crippen LogP contribution in [0.4, 0.5) is 17.1 Å². The van der Waals surface area contributed by atoms with E-state index in [4.69, 9.17) is 34.7 Å². The second-order valence-electron chi connectivity index (χ2n) is 3.92. The van der Waals surface area contributed by atoms with Gasteiger partial charge in [-0.25, -0.2) is 0 Å². The molecule has 6 heteroatoms. The number of halogens is 2. The quantitative estimate of drug-likeness (QED) is 0.759. The Morgan fingerprint density at radius 3 is 2.53 bits per heavy atom. The molecule has 0 bridgehead atoms. The summed E-state index contributed by atoms with van der Waals surface area (Å²) in [7, 11) is 0. The van der Waals surface area contributed by atoms with Crippen molar-refractivity contribution in [3.63, 3.8) is 0 Å². The molecule has 0 atom stereocenters. The fourth-order valence-electron chi connectivity index (χ4n) is 1.60. The van der Waals surface area contributed by atoms with Crippen LogP contribution < -0.4 is 16.8 Å². The summed E-state index contributed by atoms with van der Waals surface area (Å²) in [5, 5.41) is 4.12. The van der Waals surface area contributed by atoms with Crippen LogP contribution >= 0.6 is 23.2 Å². The van der Waals surface area contributed by atoms with E-state index in [1.807, 2.05) is 0 Å². The van der Waals surface area contributed by atoms with E-state index < -0.39 is 5.91 Å². The van der Waals surface area contributed by atoms with Gasteiger partial charge in [0.1, 0.15) is 0 Å². The predicted octanol–water partition coefficient (Wildman–Crippen LogP) is 3.42. The first-order chi connectivity index (χ1) is 8.97. The second-order valence-corrected chi connectivity index (χ2v) is 4.76. The average molecular weight is 296 g/mol. The van der Waals surface area contributed by atoms with Crippen molar-refractivity contribution in [1.82, 2.24) is 0 Å². The van der Waals surface area contributed by atoms with Gasteiger partial charge in [-0.2, -0.15) is 0 Å². The summed E-state index contributed by atoms with van der Waals surface area (Å²) in [6.07, 6.45) is 0. The zero-order chi connectivity index (χ0) is 14.0. The van der Waals surface area contributed by atoms with Crippen LogP contribution in [0.3, 0.4) is 0 Å². The summed E-state index contributed by atoms with van der Waals surface area (Å²) in [6, 6.07) is 9.93. The van der Waals surface area contributed by atoms with Crippen molar-refractivity contribution >= 4 is 46.2 Å². The molecule has 4 nitrogen and oxygen atoms in total. The van der Waals surface area contributed by atoms with Crippen molar-refractivity contribution in [3.8, 4) is 0 Å². The molecule has 0 unspecified atom stereocenters. The number of hydrogen-bond donors (Lipinski definition) is 3. The molecule has 0 aromatic heterocycles. The number of rotatable bonds is 3. The average Bonchev–Trinajstić information content (AvgIpc) is 2.36. The van der Waals surface area contributed by atoms with Gasteiger partial charge in [0.2, 0.25) is 0 Å². The third kappa shape index (κ3) is 3.10. The van der Waals surface area contributed by atoms with Crippen molar-refractivity contribution in [2.75, 3.05) is 11.1 Å². The molecule has 98 valence electrons. The molecule has 0 aliphatic heterocycles. The monoisotopic (exact) mass is 295 g/mol. The molecular formula is C13H11Cl2N3O. The van der Waals surface area contributed by atoms with Crippen LogP contribution in [0.25, 0.3) is 0 Å². The fraction of sp³-hybridized carbons (Fsp3) is 0. The van der Waals surface area contributed by atoms with E-state index in [2.05, 4.69) is 5.32 Å². The maximum Gasteiger partial charge on any atom is 0.250 e. The Balaban J connectivity index is 2.36. The van der Waals surface area contributed by atoms with Crippen LogP contribution in [0.2, 0.25) is 10.0 Å². The van der Waals surface area contributed by atoms with Crippen molar-refractivity contribution in [3.05, 3.63) is 52.0 Å². The van der Waals surface area contributed by atoms with Crippen LogP contribution in [-0.4, -0.2) is 5.91 Å². The van der Waals surface area contributed by atoms with Crippen molar-refractivity contribution in [1.29, 1.82) is 0 Å². The molecule has 0 saturated heterocycles. The highest BCUT2D eigenvalue weighted by atomic mass is 35.5. The van der Waals surface area contributed by atoms with Crippen molar-refractivity contribution < 1.29 is 4.79 Å². The minimum absolute atomic E-state index is 0.253. The van der Waals surface area contributed by atoms with Gasteiger partial charge in [0.05, 0.1) is 16.3 Å². The first kappa shape index (κ1) is 13.5. The first-order valence-corrected chi connectivity index (χ1v) is 6.14. The molecule has 2 aromatic rings. The molecular weight excluding hydrogens is 285 g/mol. The van der Waals surface area contributed by atoms with E-state index >= 15 is 0 Å². The molecule has 0 saturated carbocycles. The summed E-state index contributed by atoms with van der Waals surface area (Å²) < 4.78 is 0. The molecule has 0 spiro atoms. The largest absolute Gasteiger partial charge is 0.398 e. The topological polar surface area (TPSA) is 81.1 Å². The van der Waals surface area contributed by atoms with Crippen LogP contribution in [0.1, 0.15) is 10.4 Å². The molecule has 1 amide bonds. The van der Waals surface area contributed by atoms with E-state index in [0.717, 1.165) is 0 Å². The van der Waals surface area contributed by atoms with E-state index in [-0.39, 0.29) is 5.56 Å². The lowest BCUT2D eigenvalue weighted by molar-refractivity contribution is 0.100. The molecule has 0 aliphatic carbocycles. The zero-order valence-electron chi connectivity index (χ0n) is 9.78. The van der Waals surface area contributed by atoms with Gasteiger partial charge in [-0.15, -0.1) is 0 Å². The lowest BCUT2D eigenvalue weighted by atomic mass is 10.1. The predicted molar refractivity (Wildman–Crippen MR) is 79.1 cm³/mol. The lowest BCUT2D eigenvalue weighted by Gasteiger charge is -2.10. The van der Waals surface area contributed by atoms with E-state index in [0.29, 0.717) is 27.1 Å². The zero-order valence-corrected chi connectivity index (χ0v) is 11.3. The van der Waals surface area contributed by atoms with E-state index in [1.54, 1.807) is 36.4 Å². The number of primary amides is 1. The summed E-state index contributed by atoms with van der Waals surface area (Å²) in [6.45, 7) is 0. The van der Waals surface area contributed by atoms with Gasteiger partial charge in [0.15, 0.2) is 0 Å². The Morgan fingerprint density at radius 1 is 1.11 bits per heavy atom. The number of nitrogen functional groups attached to an aromatic ring is 1. The Labute approximate surface area is 120 Å². The van der Waals surface area contributed by atoms with Gasteiger partial charge < -0.3 is 16.8 Å². The summed E-state index contributed by atoms with van der Waals surface area (Å²) in [5.74, 6) is -0.585. The molecule has 0 radical (unpaired) electrons. The number of anilines is 3. The number of carbonyl (C=O) groups is 1. The molecule has 0 aliphatic rings. The van der Waals surface area contributed by atoms with Crippen LogP contribution in [-0.2, 0) is 0 Å². The SMILES string of the molecule is NC(=O)c1cc(Nc2cc(Cl)ccc2Cl)ccc1N. The number of amides is 1. The molecule has 0 heterocycles. The molecule has 19 heavy (non-hydrogen) atoms. The van der Waals surface area contributed by atoms with E-state index in [9.17, 15) is 4.79 Å². The minimum Gasteiger partial charge on any atom is -0.398 e. The van der Waals surface area contributed by atoms with Crippen LogP contribution in [0.5, 0.6) is 0 Å². The third-order valence-corrected chi connectivity index (χ3v) is 3.09. The summed E-state index contributed by atoms with van der Waals surface area (Å²) in [4.78, 5) is 11.2. The Morgan fingerprint density at radius 2 is 1.84 bits per heavy atom. The Hall–Kier alpha value is -1.91. The minimum atomic E-state index is -0.585. The Kier molecular flexibility index (Phi) is 3.83. The normalized spacial score (nSPS) is 10.2. The van der Waals surface area contributed by atoms with Gasteiger partial charge >= 0.3 is 0 Å². The Bertz CT molecular complexity index is 644. The molecule has 5 N–H and O–H groups in total. The maximum absolute atomic E-state index is 11.2. The van der Waals surface area contributed by atoms with Crippen molar-refractivity contribution in [2.45, 2.75) is 0 Å². The second kappa shape index (κ2) is 5.38. The number of nitrogens with one attached hydrogen (secondary N) is 1. The van der Waals surface area contributed by atoms with Crippen molar-refractivity contribution in [2.24, 2.45) is 5.73 Å².